The van der Waals surface area contributed by atoms with Gasteiger partial charge in [-0.05, 0) is 44.7 Å². The van der Waals surface area contributed by atoms with Crippen LogP contribution in [-0.4, -0.2) is 51.1 Å². The minimum absolute atomic E-state index is 0.118. The van der Waals surface area contributed by atoms with Gasteiger partial charge >= 0.3 is 0 Å². The van der Waals surface area contributed by atoms with Crippen molar-refractivity contribution in [2.45, 2.75) is 37.4 Å². The van der Waals surface area contributed by atoms with Crippen LogP contribution in [0.2, 0.25) is 0 Å². The molecule has 0 radical (unpaired) electrons. The van der Waals surface area contributed by atoms with Crippen molar-refractivity contribution in [3.05, 3.63) is 0 Å². The topological polar surface area (TPSA) is 42.5 Å². The van der Waals surface area contributed by atoms with Gasteiger partial charge in [-0.3, -0.25) is 0 Å². The van der Waals surface area contributed by atoms with Crippen molar-refractivity contribution in [3.63, 3.8) is 0 Å². The molecule has 1 spiro atoms. The fraction of sp³-hybridized carbons (Fsp3) is 1.00. The molecule has 1 unspecified atom stereocenters. The zero-order valence-corrected chi connectivity index (χ0v) is 10.5. The summed E-state index contributed by atoms with van der Waals surface area (Å²) in [5, 5.41) is 7.02. The predicted octanol–water partition coefficient (Wildman–Crippen LogP) is 0.524. The summed E-state index contributed by atoms with van der Waals surface area (Å²) in [6.07, 6.45) is 5.05. The number of piperidine rings is 1. The SMILES string of the molecule is C1CC2(CCN1)CNCC(C1CCOCC1)O2. The summed E-state index contributed by atoms with van der Waals surface area (Å²) in [7, 11) is 0. The molecule has 0 aliphatic carbocycles. The van der Waals surface area contributed by atoms with Crippen LogP contribution in [0.1, 0.15) is 25.7 Å². The van der Waals surface area contributed by atoms with Gasteiger partial charge in [0.15, 0.2) is 0 Å². The smallest absolute Gasteiger partial charge is 0.0835 e. The predicted molar refractivity (Wildman–Crippen MR) is 66.1 cm³/mol. The molecule has 3 saturated heterocycles. The van der Waals surface area contributed by atoms with Crippen molar-refractivity contribution in [1.82, 2.24) is 10.6 Å². The molecule has 3 rings (SSSR count). The third-order valence-corrected chi connectivity index (χ3v) is 4.50. The number of rotatable bonds is 1. The fourth-order valence-corrected chi connectivity index (χ4v) is 3.37. The molecule has 98 valence electrons. The van der Waals surface area contributed by atoms with Crippen LogP contribution in [0.3, 0.4) is 0 Å². The van der Waals surface area contributed by atoms with Crippen molar-refractivity contribution in [2.75, 3.05) is 39.4 Å². The first kappa shape index (κ1) is 11.9. The highest BCUT2D eigenvalue weighted by Crippen LogP contribution is 2.32. The van der Waals surface area contributed by atoms with Gasteiger partial charge in [-0.15, -0.1) is 0 Å². The molecular weight excluding hydrogens is 216 g/mol. The highest BCUT2D eigenvalue weighted by atomic mass is 16.5. The van der Waals surface area contributed by atoms with Crippen molar-refractivity contribution in [2.24, 2.45) is 5.92 Å². The summed E-state index contributed by atoms with van der Waals surface area (Å²) in [4.78, 5) is 0. The van der Waals surface area contributed by atoms with E-state index in [1.165, 1.54) is 12.8 Å². The first-order valence-corrected chi connectivity index (χ1v) is 7.05. The van der Waals surface area contributed by atoms with Gasteiger partial charge in [-0.25, -0.2) is 0 Å². The van der Waals surface area contributed by atoms with E-state index in [2.05, 4.69) is 10.6 Å². The molecule has 2 N–H and O–H groups in total. The molecule has 1 atom stereocenters. The van der Waals surface area contributed by atoms with Crippen LogP contribution in [0, 0.1) is 5.92 Å². The lowest BCUT2D eigenvalue weighted by atomic mass is 9.86. The van der Waals surface area contributed by atoms with E-state index in [4.69, 9.17) is 9.47 Å². The first-order chi connectivity index (χ1) is 8.38. The number of nitrogens with one attached hydrogen (secondary N) is 2. The lowest BCUT2D eigenvalue weighted by molar-refractivity contribution is -0.158. The van der Waals surface area contributed by atoms with Crippen molar-refractivity contribution in [1.29, 1.82) is 0 Å². The van der Waals surface area contributed by atoms with E-state index in [1.807, 2.05) is 0 Å². The Balaban J connectivity index is 1.61. The van der Waals surface area contributed by atoms with E-state index in [9.17, 15) is 0 Å². The Morgan fingerprint density at radius 3 is 2.53 bits per heavy atom. The normalized spacial score (nSPS) is 34.9. The van der Waals surface area contributed by atoms with Gasteiger partial charge in [0.25, 0.3) is 0 Å². The molecule has 4 nitrogen and oxygen atoms in total. The maximum atomic E-state index is 6.50. The zero-order chi connectivity index (χ0) is 11.6. The second kappa shape index (κ2) is 5.22. The Hall–Kier alpha value is -0.160. The van der Waals surface area contributed by atoms with Crippen molar-refractivity contribution < 1.29 is 9.47 Å². The van der Waals surface area contributed by atoms with E-state index >= 15 is 0 Å². The summed E-state index contributed by atoms with van der Waals surface area (Å²) >= 11 is 0. The Morgan fingerprint density at radius 2 is 1.76 bits per heavy atom. The maximum absolute atomic E-state index is 6.50. The van der Waals surface area contributed by atoms with E-state index in [0.717, 1.165) is 52.2 Å². The third-order valence-electron chi connectivity index (χ3n) is 4.50. The largest absolute Gasteiger partial charge is 0.381 e. The number of morpholine rings is 1. The lowest BCUT2D eigenvalue weighted by Gasteiger charge is -2.47. The van der Waals surface area contributed by atoms with Crippen LogP contribution < -0.4 is 10.6 Å². The van der Waals surface area contributed by atoms with Crippen LogP contribution in [0.5, 0.6) is 0 Å². The summed E-state index contributed by atoms with van der Waals surface area (Å²) in [5.74, 6) is 0.698. The quantitative estimate of drug-likeness (QED) is 0.701. The maximum Gasteiger partial charge on any atom is 0.0835 e. The summed E-state index contributed by atoms with van der Waals surface area (Å²) < 4.78 is 11.9. The van der Waals surface area contributed by atoms with Crippen LogP contribution >= 0.6 is 0 Å². The van der Waals surface area contributed by atoms with Crippen LogP contribution in [0.25, 0.3) is 0 Å². The molecule has 3 aliphatic rings. The minimum atomic E-state index is 0.118. The molecule has 0 saturated carbocycles. The highest BCUT2D eigenvalue weighted by Gasteiger charge is 2.40. The molecule has 0 amide bonds. The van der Waals surface area contributed by atoms with Gasteiger partial charge in [-0.1, -0.05) is 0 Å². The van der Waals surface area contributed by atoms with Gasteiger partial charge in [-0.2, -0.15) is 0 Å². The van der Waals surface area contributed by atoms with E-state index in [-0.39, 0.29) is 5.60 Å². The fourth-order valence-electron chi connectivity index (χ4n) is 3.37. The molecule has 0 aromatic carbocycles. The second-order valence-electron chi connectivity index (χ2n) is 5.67. The lowest BCUT2D eigenvalue weighted by Crippen LogP contribution is -2.59. The summed E-state index contributed by atoms with van der Waals surface area (Å²) in [6, 6.07) is 0. The zero-order valence-electron chi connectivity index (χ0n) is 10.5. The molecule has 4 heteroatoms. The monoisotopic (exact) mass is 240 g/mol. The van der Waals surface area contributed by atoms with Gasteiger partial charge < -0.3 is 20.1 Å². The molecule has 3 fully saturated rings. The van der Waals surface area contributed by atoms with Gasteiger partial charge in [0.2, 0.25) is 0 Å². The molecule has 3 aliphatic heterocycles. The standard InChI is InChI=1S/C13H24N2O2/c1-7-16-8-2-11(1)12-9-15-10-13(17-12)3-5-14-6-4-13/h11-12,14-15H,1-10H2. The molecular formula is C13H24N2O2. The van der Waals surface area contributed by atoms with Crippen molar-refractivity contribution in [3.8, 4) is 0 Å². The Labute approximate surface area is 103 Å². The molecule has 17 heavy (non-hydrogen) atoms. The molecule has 3 heterocycles. The van der Waals surface area contributed by atoms with E-state index < -0.39 is 0 Å². The highest BCUT2D eigenvalue weighted by molar-refractivity contribution is 4.94. The first-order valence-electron chi connectivity index (χ1n) is 7.05. The molecule has 0 bridgehead atoms. The number of ether oxygens (including phenoxy) is 2. The minimum Gasteiger partial charge on any atom is -0.381 e. The van der Waals surface area contributed by atoms with E-state index in [0.29, 0.717) is 12.0 Å². The number of hydrogen-bond acceptors (Lipinski definition) is 4. The van der Waals surface area contributed by atoms with Crippen LogP contribution in [-0.2, 0) is 9.47 Å². The molecule has 0 aromatic rings. The van der Waals surface area contributed by atoms with Crippen LogP contribution in [0.15, 0.2) is 0 Å². The van der Waals surface area contributed by atoms with Gasteiger partial charge in [0, 0.05) is 26.3 Å². The summed E-state index contributed by atoms with van der Waals surface area (Å²) in [5.41, 5.74) is 0.118. The van der Waals surface area contributed by atoms with E-state index in [1.54, 1.807) is 0 Å². The molecule has 0 aromatic heterocycles. The second-order valence-corrected chi connectivity index (χ2v) is 5.67. The van der Waals surface area contributed by atoms with Gasteiger partial charge in [0.05, 0.1) is 11.7 Å². The third kappa shape index (κ3) is 2.65. The average Bonchev–Trinajstić information content (AvgIpc) is 2.41. The Bertz CT molecular complexity index is 242. The van der Waals surface area contributed by atoms with Crippen LogP contribution in [0.4, 0.5) is 0 Å². The number of hydrogen-bond donors (Lipinski definition) is 2. The van der Waals surface area contributed by atoms with Gasteiger partial charge in [0.1, 0.15) is 0 Å². The Morgan fingerprint density at radius 1 is 1.00 bits per heavy atom. The Kier molecular flexibility index (Phi) is 3.66. The average molecular weight is 240 g/mol. The summed E-state index contributed by atoms with van der Waals surface area (Å²) in [6.45, 7) is 6.09. The van der Waals surface area contributed by atoms with Crippen molar-refractivity contribution >= 4 is 0 Å².